The summed E-state index contributed by atoms with van der Waals surface area (Å²) < 4.78 is 16.7. The molecular formula is C21H26N2O4. The van der Waals surface area contributed by atoms with Crippen LogP contribution >= 0.6 is 0 Å². The van der Waals surface area contributed by atoms with Crippen molar-refractivity contribution in [3.05, 3.63) is 48.5 Å². The average molecular weight is 370 g/mol. The van der Waals surface area contributed by atoms with Gasteiger partial charge in [-0.05, 0) is 49.4 Å². The number of hydrogen-bond acceptors (Lipinski definition) is 4. The molecule has 2 aromatic carbocycles. The van der Waals surface area contributed by atoms with Crippen molar-refractivity contribution in [1.82, 2.24) is 5.32 Å². The number of carbonyl (C=O) groups excluding carboxylic acids is 1. The molecule has 0 spiro atoms. The maximum absolute atomic E-state index is 12.2. The number of rotatable bonds is 7. The number of anilines is 1. The SMILES string of the molecule is COc1ccccc1Oc1ccccc1NC(=O)NCC[C@@H]1CCCOC1. The number of amides is 2. The third-order valence-corrected chi connectivity index (χ3v) is 4.52. The lowest BCUT2D eigenvalue weighted by Crippen LogP contribution is -2.31. The lowest BCUT2D eigenvalue weighted by Gasteiger charge is -2.22. The Morgan fingerprint density at radius 1 is 1.11 bits per heavy atom. The van der Waals surface area contributed by atoms with Crippen LogP contribution < -0.4 is 20.1 Å². The molecule has 1 aliphatic rings. The first-order valence-corrected chi connectivity index (χ1v) is 9.29. The maximum Gasteiger partial charge on any atom is 0.319 e. The molecule has 2 amide bonds. The Morgan fingerprint density at radius 2 is 1.85 bits per heavy atom. The monoisotopic (exact) mass is 370 g/mol. The predicted molar refractivity (Wildman–Crippen MR) is 105 cm³/mol. The van der Waals surface area contributed by atoms with Gasteiger partial charge in [0.05, 0.1) is 12.8 Å². The van der Waals surface area contributed by atoms with Gasteiger partial charge in [0, 0.05) is 19.8 Å². The minimum atomic E-state index is -0.247. The Balaban J connectivity index is 1.56. The average Bonchev–Trinajstić information content (AvgIpc) is 2.71. The first-order chi connectivity index (χ1) is 13.3. The first-order valence-electron chi connectivity index (χ1n) is 9.29. The lowest BCUT2D eigenvalue weighted by atomic mass is 9.99. The van der Waals surface area contributed by atoms with Gasteiger partial charge in [0.25, 0.3) is 0 Å². The number of urea groups is 1. The molecule has 3 rings (SSSR count). The van der Waals surface area contributed by atoms with E-state index in [4.69, 9.17) is 14.2 Å². The molecule has 0 radical (unpaired) electrons. The molecule has 27 heavy (non-hydrogen) atoms. The summed E-state index contributed by atoms with van der Waals surface area (Å²) in [7, 11) is 1.59. The highest BCUT2D eigenvalue weighted by Gasteiger charge is 2.14. The molecule has 1 saturated heterocycles. The summed E-state index contributed by atoms with van der Waals surface area (Å²) >= 11 is 0. The highest BCUT2D eigenvalue weighted by atomic mass is 16.5. The third-order valence-electron chi connectivity index (χ3n) is 4.52. The molecule has 2 N–H and O–H groups in total. The van der Waals surface area contributed by atoms with Crippen LogP contribution in [0, 0.1) is 5.92 Å². The fraction of sp³-hybridized carbons (Fsp3) is 0.381. The van der Waals surface area contributed by atoms with Crippen molar-refractivity contribution in [2.45, 2.75) is 19.3 Å². The summed E-state index contributed by atoms with van der Waals surface area (Å²) in [6.07, 6.45) is 3.19. The molecule has 0 bridgehead atoms. The smallest absolute Gasteiger partial charge is 0.319 e. The number of carbonyl (C=O) groups is 1. The molecule has 0 aliphatic carbocycles. The van der Waals surface area contributed by atoms with Crippen molar-refractivity contribution in [1.29, 1.82) is 0 Å². The van der Waals surface area contributed by atoms with Gasteiger partial charge in [0.1, 0.15) is 0 Å². The summed E-state index contributed by atoms with van der Waals surface area (Å²) in [5, 5.41) is 5.77. The zero-order valence-corrected chi connectivity index (χ0v) is 15.6. The van der Waals surface area contributed by atoms with Crippen molar-refractivity contribution >= 4 is 11.7 Å². The molecule has 0 unspecified atom stereocenters. The molecule has 6 nitrogen and oxygen atoms in total. The van der Waals surface area contributed by atoms with Gasteiger partial charge in [-0.3, -0.25) is 0 Å². The van der Waals surface area contributed by atoms with Crippen LogP contribution in [0.5, 0.6) is 17.2 Å². The van der Waals surface area contributed by atoms with E-state index in [1.54, 1.807) is 19.2 Å². The van der Waals surface area contributed by atoms with Gasteiger partial charge in [-0.2, -0.15) is 0 Å². The topological polar surface area (TPSA) is 68.8 Å². The van der Waals surface area contributed by atoms with E-state index in [1.807, 2.05) is 36.4 Å². The van der Waals surface area contributed by atoms with Crippen LogP contribution in [0.1, 0.15) is 19.3 Å². The minimum absolute atomic E-state index is 0.247. The molecule has 1 atom stereocenters. The van der Waals surface area contributed by atoms with Crippen LogP contribution in [-0.4, -0.2) is 32.9 Å². The maximum atomic E-state index is 12.2. The standard InChI is InChI=1S/C21H26N2O4/c1-25-19-10-4-5-11-20(19)27-18-9-3-2-8-17(18)23-21(24)22-13-12-16-7-6-14-26-15-16/h2-5,8-11,16H,6-7,12-15H2,1H3,(H2,22,23,24)/t16-/m0/s1. The van der Waals surface area contributed by atoms with Gasteiger partial charge in [-0.25, -0.2) is 4.79 Å². The number of benzene rings is 2. The van der Waals surface area contributed by atoms with Crippen molar-refractivity contribution < 1.29 is 19.0 Å². The van der Waals surface area contributed by atoms with Crippen molar-refractivity contribution in [2.24, 2.45) is 5.92 Å². The highest BCUT2D eigenvalue weighted by Crippen LogP contribution is 2.34. The summed E-state index contributed by atoms with van der Waals surface area (Å²) in [4.78, 5) is 12.2. The molecule has 1 aliphatic heterocycles. The zero-order valence-electron chi connectivity index (χ0n) is 15.6. The van der Waals surface area contributed by atoms with Gasteiger partial charge < -0.3 is 24.8 Å². The Bertz CT molecular complexity index is 744. The molecule has 0 aromatic heterocycles. The van der Waals surface area contributed by atoms with E-state index in [0.717, 1.165) is 26.1 Å². The Kier molecular flexibility index (Phi) is 6.93. The fourth-order valence-corrected chi connectivity index (χ4v) is 3.07. The lowest BCUT2D eigenvalue weighted by molar-refractivity contribution is 0.0520. The van der Waals surface area contributed by atoms with E-state index in [1.165, 1.54) is 6.42 Å². The van der Waals surface area contributed by atoms with Crippen LogP contribution in [-0.2, 0) is 4.74 Å². The predicted octanol–water partition coefficient (Wildman–Crippen LogP) is 4.43. The number of ether oxygens (including phenoxy) is 3. The normalized spacial score (nSPS) is 16.4. The van der Waals surface area contributed by atoms with Crippen LogP contribution in [0.25, 0.3) is 0 Å². The van der Waals surface area contributed by atoms with E-state index < -0.39 is 0 Å². The van der Waals surface area contributed by atoms with Crippen molar-refractivity contribution in [2.75, 3.05) is 32.2 Å². The minimum Gasteiger partial charge on any atom is -0.493 e. The summed E-state index contributed by atoms with van der Waals surface area (Å²) in [6, 6.07) is 14.5. The molecule has 2 aromatic rings. The number of methoxy groups -OCH3 is 1. The number of para-hydroxylation sites is 4. The zero-order chi connectivity index (χ0) is 18.9. The summed E-state index contributed by atoms with van der Waals surface area (Å²) in [6.45, 7) is 2.27. The second kappa shape index (κ2) is 9.83. The Morgan fingerprint density at radius 3 is 2.59 bits per heavy atom. The Labute approximate surface area is 159 Å². The van der Waals surface area contributed by atoms with E-state index in [-0.39, 0.29) is 6.03 Å². The molecule has 144 valence electrons. The number of hydrogen-bond donors (Lipinski definition) is 2. The summed E-state index contributed by atoms with van der Waals surface area (Å²) in [5.74, 6) is 2.30. The van der Waals surface area contributed by atoms with Crippen LogP contribution in [0.2, 0.25) is 0 Å². The number of nitrogens with one attached hydrogen (secondary N) is 2. The molecule has 1 fully saturated rings. The highest BCUT2D eigenvalue weighted by molar-refractivity contribution is 5.90. The quantitative estimate of drug-likeness (QED) is 0.757. The van der Waals surface area contributed by atoms with E-state index in [0.29, 0.717) is 35.4 Å². The fourth-order valence-electron chi connectivity index (χ4n) is 3.07. The van der Waals surface area contributed by atoms with Gasteiger partial charge in [0.2, 0.25) is 0 Å². The second-order valence-electron chi connectivity index (χ2n) is 6.50. The Hall–Kier alpha value is -2.73. The third kappa shape index (κ3) is 5.62. The van der Waals surface area contributed by atoms with E-state index in [2.05, 4.69) is 10.6 Å². The second-order valence-corrected chi connectivity index (χ2v) is 6.50. The van der Waals surface area contributed by atoms with Gasteiger partial charge in [-0.15, -0.1) is 0 Å². The molecule has 1 heterocycles. The van der Waals surface area contributed by atoms with Crippen LogP contribution in [0.3, 0.4) is 0 Å². The van der Waals surface area contributed by atoms with E-state index in [9.17, 15) is 4.79 Å². The molecular weight excluding hydrogens is 344 g/mol. The van der Waals surface area contributed by atoms with Crippen molar-refractivity contribution in [3.8, 4) is 17.2 Å². The first kappa shape index (κ1) is 19.0. The van der Waals surface area contributed by atoms with Crippen molar-refractivity contribution in [3.63, 3.8) is 0 Å². The van der Waals surface area contributed by atoms with Gasteiger partial charge in [0.15, 0.2) is 17.2 Å². The largest absolute Gasteiger partial charge is 0.493 e. The molecule has 6 heteroatoms. The van der Waals surface area contributed by atoms with Crippen LogP contribution in [0.4, 0.5) is 10.5 Å². The van der Waals surface area contributed by atoms with E-state index >= 15 is 0 Å². The van der Waals surface area contributed by atoms with Gasteiger partial charge >= 0.3 is 6.03 Å². The summed E-state index contributed by atoms with van der Waals surface area (Å²) in [5.41, 5.74) is 0.599. The molecule has 0 saturated carbocycles. The van der Waals surface area contributed by atoms with Gasteiger partial charge in [-0.1, -0.05) is 24.3 Å². The van der Waals surface area contributed by atoms with Crippen LogP contribution in [0.15, 0.2) is 48.5 Å².